The summed E-state index contributed by atoms with van der Waals surface area (Å²) in [4.78, 5) is 10.9. The predicted molar refractivity (Wildman–Crippen MR) is 73.2 cm³/mol. The summed E-state index contributed by atoms with van der Waals surface area (Å²) in [7, 11) is 0. The van der Waals surface area contributed by atoms with Crippen molar-refractivity contribution in [3.8, 4) is 11.4 Å². The molecule has 21 heavy (non-hydrogen) atoms. The van der Waals surface area contributed by atoms with E-state index in [1.54, 1.807) is 11.6 Å². The number of carboxylic acids is 1. The molecule has 1 N–H and O–H groups in total. The van der Waals surface area contributed by atoms with Crippen molar-refractivity contribution >= 4 is 5.97 Å². The van der Waals surface area contributed by atoms with E-state index in [2.05, 4.69) is 15.5 Å². The minimum atomic E-state index is -0.806. The Balaban J connectivity index is 1.80. The zero-order valence-electron chi connectivity index (χ0n) is 11.7. The fourth-order valence-corrected chi connectivity index (χ4v) is 2.31. The van der Waals surface area contributed by atoms with Crippen molar-refractivity contribution in [1.29, 1.82) is 0 Å². The lowest BCUT2D eigenvalue weighted by Gasteiger charge is -2.08. The minimum absolute atomic E-state index is 0.421. The number of nitrogens with zero attached hydrogens (tertiary/aromatic N) is 4. The highest BCUT2D eigenvalue weighted by molar-refractivity contribution is 5.69. The van der Waals surface area contributed by atoms with E-state index in [0.717, 1.165) is 11.1 Å². The first-order valence-corrected chi connectivity index (χ1v) is 6.84. The van der Waals surface area contributed by atoms with Gasteiger partial charge in [0.05, 0.1) is 19.1 Å². The van der Waals surface area contributed by atoms with E-state index < -0.39 is 11.9 Å². The normalized spacial score (nSPS) is 14.9. The van der Waals surface area contributed by atoms with E-state index >= 15 is 0 Å². The van der Waals surface area contributed by atoms with E-state index in [9.17, 15) is 4.79 Å². The number of tetrazole rings is 1. The summed E-state index contributed by atoms with van der Waals surface area (Å²) in [5.74, 6) is -0.572. The molecule has 7 nitrogen and oxygen atoms in total. The Morgan fingerprint density at radius 2 is 2.24 bits per heavy atom. The standard InChI is InChI=1S/C14H16N4O3/c1-9(14(19)20)4-5-18-13(15-16-17-18)10-2-3-11-7-21-8-12(11)6-10/h2-3,6,9H,4-5,7-8H2,1H3,(H,19,20). The molecule has 3 rings (SSSR count). The largest absolute Gasteiger partial charge is 0.481 e. The molecule has 0 fully saturated rings. The lowest BCUT2D eigenvalue weighted by Crippen LogP contribution is -2.14. The molecule has 0 saturated carbocycles. The van der Waals surface area contributed by atoms with Crippen molar-refractivity contribution in [2.45, 2.75) is 33.1 Å². The summed E-state index contributed by atoms with van der Waals surface area (Å²) in [6, 6.07) is 6.03. The number of carbonyl (C=O) groups is 1. The molecule has 0 radical (unpaired) electrons. The van der Waals surface area contributed by atoms with Gasteiger partial charge in [0.25, 0.3) is 0 Å². The van der Waals surface area contributed by atoms with Gasteiger partial charge < -0.3 is 9.84 Å². The number of hydrogen-bond acceptors (Lipinski definition) is 5. The first-order chi connectivity index (χ1) is 10.1. The van der Waals surface area contributed by atoms with Crippen LogP contribution in [-0.4, -0.2) is 31.3 Å². The second-order valence-electron chi connectivity index (χ2n) is 5.23. The number of ether oxygens (including phenoxy) is 1. The van der Waals surface area contributed by atoms with Gasteiger partial charge in [-0.15, -0.1) is 5.10 Å². The fourth-order valence-electron chi connectivity index (χ4n) is 2.31. The molecule has 1 aromatic carbocycles. The smallest absolute Gasteiger partial charge is 0.306 e. The minimum Gasteiger partial charge on any atom is -0.481 e. The predicted octanol–water partition coefficient (Wildman–Crippen LogP) is 1.48. The number of fused-ring (bicyclic) bond motifs is 1. The summed E-state index contributed by atoms with van der Waals surface area (Å²) < 4.78 is 7.05. The van der Waals surface area contributed by atoms with Gasteiger partial charge in [-0.25, -0.2) is 4.68 Å². The molecule has 2 heterocycles. The first kappa shape index (κ1) is 13.7. The molecule has 0 spiro atoms. The summed E-state index contributed by atoms with van der Waals surface area (Å²) >= 11 is 0. The number of aliphatic carboxylic acids is 1. The van der Waals surface area contributed by atoms with Gasteiger partial charge in [0.2, 0.25) is 0 Å². The highest BCUT2D eigenvalue weighted by Crippen LogP contribution is 2.25. The molecule has 2 aromatic rings. The number of benzene rings is 1. The highest BCUT2D eigenvalue weighted by Gasteiger charge is 2.17. The molecule has 1 aliphatic heterocycles. The molecule has 7 heteroatoms. The van der Waals surface area contributed by atoms with Crippen LogP contribution in [0.4, 0.5) is 0 Å². The van der Waals surface area contributed by atoms with Gasteiger partial charge in [-0.05, 0) is 34.0 Å². The summed E-state index contributed by atoms with van der Waals surface area (Å²) in [6.45, 7) is 3.42. The Morgan fingerprint density at radius 1 is 1.43 bits per heavy atom. The fraction of sp³-hybridized carbons (Fsp3) is 0.429. The summed E-state index contributed by atoms with van der Waals surface area (Å²) in [5.41, 5.74) is 3.27. The number of aryl methyl sites for hydroxylation is 1. The SMILES string of the molecule is CC(CCn1nnnc1-c1ccc2c(c1)COC2)C(=O)O. The maximum absolute atomic E-state index is 10.9. The van der Waals surface area contributed by atoms with Crippen LogP contribution in [0.2, 0.25) is 0 Å². The zero-order chi connectivity index (χ0) is 14.8. The highest BCUT2D eigenvalue weighted by atomic mass is 16.5. The Hall–Kier alpha value is -2.28. The van der Waals surface area contributed by atoms with E-state index in [1.807, 2.05) is 18.2 Å². The van der Waals surface area contributed by atoms with Crippen molar-refractivity contribution < 1.29 is 14.6 Å². The Kier molecular flexibility index (Phi) is 3.66. The number of rotatable bonds is 5. The number of carboxylic acid groups (broad SMARTS) is 1. The maximum Gasteiger partial charge on any atom is 0.306 e. The van der Waals surface area contributed by atoms with E-state index in [-0.39, 0.29) is 0 Å². The molecule has 110 valence electrons. The quantitative estimate of drug-likeness (QED) is 0.896. The van der Waals surface area contributed by atoms with Gasteiger partial charge in [-0.3, -0.25) is 4.79 Å². The number of aromatic nitrogens is 4. The Bertz CT molecular complexity index is 668. The van der Waals surface area contributed by atoms with E-state index in [4.69, 9.17) is 9.84 Å². The first-order valence-electron chi connectivity index (χ1n) is 6.84. The molecular weight excluding hydrogens is 272 g/mol. The molecule has 0 amide bonds. The lowest BCUT2D eigenvalue weighted by atomic mass is 10.1. The van der Waals surface area contributed by atoms with Crippen LogP contribution in [0.15, 0.2) is 18.2 Å². The van der Waals surface area contributed by atoms with Crippen molar-refractivity contribution in [3.05, 3.63) is 29.3 Å². The van der Waals surface area contributed by atoms with Crippen molar-refractivity contribution in [2.24, 2.45) is 5.92 Å². The van der Waals surface area contributed by atoms with Gasteiger partial charge in [-0.2, -0.15) is 0 Å². The molecule has 1 aliphatic rings. The second-order valence-corrected chi connectivity index (χ2v) is 5.23. The van der Waals surface area contributed by atoms with E-state index in [1.165, 1.54) is 5.56 Å². The summed E-state index contributed by atoms with van der Waals surface area (Å²) in [6.07, 6.45) is 0.488. The molecule has 1 atom stereocenters. The molecule has 0 aliphatic carbocycles. The van der Waals surface area contributed by atoms with Crippen LogP contribution in [-0.2, 0) is 29.3 Å². The van der Waals surface area contributed by atoms with E-state index in [0.29, 0.717) is 32.0 Å². The molecular formula is C14H16N4O3. The van der Waals surface area contributed by atoms with Gasteiger partial charge >= 0.3 is 5.97 Å². The summed E-state index contributed by atoms with van der Waals surface area (Å²) in [5, 5.41) is 20.6. The van der Waals surface area contributed by atoms with Crippen LogP contribution in [0.5, 0.6) is 0 Å². The van der Waals surface area contributed by atoms with Gasteiger partial charge in [-0.1, -0.05) is 19.1 Å². The molecule has 0 saturated heterocycles. The van der Waals surface area contributed by atoms with Crippen LogP contribution in [0.3, 0.4) is 0 Å². The third-order valence-corrected chi connectivity index (χ3v) is 3.71. The average molecular weight is 288 g/mol. The van der Waals surface area contributed by atoms with Crippen molar-refractivity contribution in [2.75, 3.05) is 0 Å². The van der Waals surface area contributed by atoms with Crippen LogP contribution in [0, 0.1) is 5.92 Å². The van der Waals surface area contributed by atoms with Crippen LogP contribution < -0.4 is 0 Å². The van der Waals surface area contributed by atoms with Crippen LogP contribution >= 0.6 is 0 Å². The third kappa shape index (κ3) is 2.78. The van der Waals surface area contributed by atoms with Crippen LogP contribution in [0.25, 0.3) is 11.4 Å². The third-order valence-electron chi connectivity index (χ3n) is 3.71. The van der Waals surface area contributed by atoms with Crippen LogP contribution in [0.1, 0.15) is 24.5 Å². The molecule has 0 bridgehead atoms. The lowest BCUT2D eigenvalue weighted by molar-refractivity contribution is -0.141. The molecule has 1 aromatic heterocycles. The van der Waals surface area contributed by atoms with Crippen molar-refractivity contribution in [3.63, 3.8) is 0 Å². The Morgan fingerprint density at radius 3 is 3.05 bits per heavy atom. The van der Waals surface area contributed by atoms with Gasteiger partial charge in [0, 0.05) is 12.1 Å². The second kappa shape index (κ2) is 5.61. The Labute approximate surface area is 121 Å². The average Bonchev–Trinajstić information content (AvgIpc) is 3.12. The van der Waals surface area contributed by atoms with Crippen molar-refractivity contribution in [1.82, 2.24) is 20.2 Å². The maximum atomic E-state index is 10.9. The number of hydrogen-bond donors (Lipinski definition) is 1. The van der Waals surface area contributed by atoms with Gasteiger partial charge in [0.15, 0.2) is 5.82 Å². The topological polar surface area (TPSA) is 90.1 Å². The zero-order valence-corrected chi connectivity index (χ0v) is 11.7. The molecule has 1 unspecified atom stereocenters. The monoisotopic (exact) mass is 288 g/mol. The van der Waals surface area contributed by atoms with Gasteiger partial charge in [0.1, 0.15) is 0 Å².